The lowest BCUT2D eigenvalue weighted by atomic mass is 10.0. The molecule has 0 aliphatic carbocycles. The third-order valence-corrected chi connectivity index (χ3v) is 4.01. The molecule has 2 nitrogen and oxygen atoms in total. The van der Waals surface area contributed by atoms with E-state index in [-0.39, 0.29) is 5.91 Å². The fourth-order valence-electron chi connectivity index (χ4n) is 2.24. The molecular weight excluding hydrogens is 278 g/mol. The lowest BCUT2D eigenvalue weighted by molar-refractivity contribution is 0.0951. The quantitative estimate of drug-likeness (QED) is 0.761. The average molecular weight is 293 g/mol. The first-order chi connectivity index (χ1) is 10.3. The van der Waals surface area contributed by atoms with Gasteiger partial charge in [0, 0.05) is 12.1 Å². The van der Waals surface area contributed by atoms with Crippen molar-refractivity contribution in [2.45, 2.75) is 6.54 Å². The van der Waals surface area contributed by atoms with Crippen molar-refractivity contribution in [1.29, 1.82) is 0 Å². The number of carbonyl (C=O) groups is 1. The SMILES string of the molecule is O=C(NCc1ccccc1-c1ccsc1)c1ccccc1. The van der Waals surface area contributed by atoms with E-state index in [4.69, 9.17) is 0 Å². The predicted octanol–water partition coefficient (Wildman–Crippen LogP) is 4.35. The van der Waals surface area contributed by atoms with E-state index in [2.05, 4.69) is 34.3 Å². The first kappa shape index (κ1) is 13.6. The van der Waals surface area contributed by atoms with Crippen LogP contribution >= 0.6 is 11.3 Å². The highest BCUT2D eigenvalue weighted by Crippen LogP contribution is 2.25. The Morgan fingerprint density at radius 1 is 0.952 bits per heavy atom. The zero-order valence-corrected chi connectivity index (χ0v) is 12.3. The van der Waals surface area contributed by atoms with Crippen LogP contribution in [0.2, 0.25) is 0 Å². The predicted molar refractivity (Wildman–Crippen MR) is 87.4 cm³/mol. The number of thiophene rings is 1. The molecule has 0 saturated heterocycles. The average Bonchev–Trinajstić information content (AvgIpc) is 3.08. The molecule has 0 aliphatic rings. The molecule has 1 aromatic heterocycles. The molecule has 3 rings (SSSR count). The van der Waals surface area contributed by atoms with Gasteiger partial charge in [0.2, 0.25) is 0 Å². The van der Waals surface area contributed by atoms with E-state index in [0.29, 0.717) is 12.1 Å². The first-order valence-electron chi connectivity index (χ1n) is 6.78. The van der Waals surface area contributed by atoms with Gasteiger partial charge in [-0.3, -0.25) is 4.79 Å². The summed E-state index contributed by atoms with van der Waals surface area (Å²) in [5, 5.41) is 7.17. The summed E-state index contributed by atoms with van der Waals surface area (Å²) in [7, 11) is 0. The van der Waals surface area contributed by atoms with Crippen molar-refractivity contribution in [2.75, 3.05) is 0 Å². The molecule has 0 fully saturated rings. The van der Waals surface area contributed by atoms with Gasteiger partial charge in [0.05, 0.1) is 0 Å². The molecule has 1 N–H and O–H groups in total. The molecular formula is C18H15NOS. The minimum atomic E-state index is -0.0456. The van der Waals surface area contributed by atoms with Crippen LogP contribution in [-0.4, -0.2) is 5.91 Å². The number of benzene rings is 2. The second-order valence-corrected chi connectivity index (χ2v) is 5.50. The van der Waals surface area contributed by atoms with Crippen molar-refractivity contribution in [3.63, 3.8) is 0 Å². The van der Waals surface area contributed by atoms with Gasteiger partial charge in [-0.25, -0.2) is 0 Å². The molecule has 0 atom stereocenters. The van der Waals surface area contributed by atoms with Crippen molar-refractivity contribution in [3.05, 3.63) is 82.6 Å². The summed E-state index contributed by atoms with van der Waals surface area (Å²) in [6, 6.07) is 19.5. The maximum absolute atomic E-state index is 12.1. The summed E-state index contributed by atoms with van der Waals surface area (Å²) >= 11 is 1.68. The van der Waals surface area contributed by atoms with Gasteiger partial charge in [0.1, 0.15) is 0 Å². The number of hydrogen-bond acceptors (Lipinski definition) is 2. The first-order valence-corrected chi connectivity index (χ1v) is 7.72. The van der Waals surface area contributed by atoms with E-state index in [0.717, 1.165) is 5.56 Å². The van der Waals surface area contributed by atoms with Crippen molar-refractivity contribution in [2.24, 2.45) is 0 Å². The summed E-state index contributed by atoms with van der Waals surface area (Å²) < 4.78 is 0. The molecule has 0 saturated carbocycles. The van der Waals surface area contributed by atoms with Gasteiger partial charge in [-0.1, -0.05) is 42.5 Å². The van der Waals surface area contributed by atoms with Crippen LogP contribution < -0.4 is 5.32 Å². The van der Waals surface area contributed by atoms with Crippen LogP contribution in [0.3, 0.4) is 0 Å². The van der Waals surface area contributed by atoms with Gasteiger partial charge < -0.3 is 5.32 Å². The van der Waals surface area contributed by atoms with Crippen LogP contribution in [0.5, 0.6) is 0 Å². The van der Waals surface area contributed by atoms with E-state index in [1.807, 2.05) is 42.5 Å². The van der Waals surface area contributed by atoms with Crippen molar-refractivity contribution >= 4 is 17.2 Å². The van der Waals surface area contributed by atoms with E-state index in [9.17, 15) is 4.79 Å². The number of carbonyl (C=O) groups excluding carboxylic acids is 1. The third-order valence-electron chi connectivity index (χ3n) is 3.32. The van der Waals surface area contributed by atoms with Gasteiger partial charge in [0.25, 0.3) is 5.91 Å². The fraction of sp³-hybridized carbons (Fsp3) is 0.0556. The monoisotopic (exact) mass is 293 g/mol. The molecule has 3 heteroatoms. The van der Waals surface area contributed by atoms with Crippen LogP contribution in [0.1, 0.15) is 15.9 Å². The highest BCUT2D eigenvalue weighted by Gasteiger charge is 2.08. The van der Waals surface area contributed by atoms with E-state index >= 15 is 0 Å². The molecule has 1 heterocycles. The van der Waals surface area contributed by atoms with Crippen molar-refractivity contribution in [3.8, 4) is 11.1 Å². The maximum Gasteiger partial charge on any atom is 0.251 e. The van der Waals surface area contributed by atoms with Crippen molar-refractivity contribution < 1.29 is 4.79 Å². The summed E-state index contributed by atoms with van der Waals surface area (Å²) in [5.74, 6) is -0.0456. The minimum Gasteiger partial charge on any atom is -0.348 e. The summed E-state index contributed by atoms with van der Waals surface area (Å²) in [6.07, 6.45) is 0. The smallest absolute Gasteiger partial charge is 0.251 e. The van der Waals surface area contributed by atoms with Crippen LogP contribution in [0.25, 0.3) is 11.1 Å². The Morgan fingerprint density at radius 3 is 2.48 bits per heavy atom. The minimum absolute atomic E-state index is 0.0456. The molecule has 0 spiro atoms. The van der Waals surface area contributed by atoms with E-state index in [1.165, 1.54) is 11.1 Å². The maximum atomic E-state index is 12.1. The lowest BCUT2D eigenvalue weighted by Gasteiger charge is -2.10. The van der Waals surface area contributed by atoms with Crippen LogP contribution in [0.4, 0.5) is 0 Å². The van der Waals surface area contributed by atoms with E-state index in [1.54, 1.807) is 11.3 Å². The van der Waals surface area contributed by atoms with Crippen LogP contribution in [0.15, 0.2) is 71.4 Å². The summed E-state index contributed by atoms with van der Waals surface area (Å²) in [5.41, 5.74) is 4.18. The number of nitrogens with one attached hydrogen (secondary N) is 1. The molecule has 3 aromatic rings. The summed E-state index contributed by atoms with van der Waals surface area (Å²) in [6.45, 7) is 0.528. The second kappa shape index (κ2) is 6.37. The van der Waals surface area contributed by atoms with Gasteiger partial charge in [-0.15, -0.1) is 0 Å². The van der Waals surface area contributed by atoms with E-state index < -0.39 is 0 Å². The molecule has 0 aliphatic heterocycles. The molecule has 0 bridgehead atoms. The Morgan fingerprint density at radius 2 is 1.71 bits per heavy atom. The standard InChI is InChI=1S/C18H15NOS/c20-18(14-6-2-1-3-7-14)19-12-15-8-4-5-9-17(15)16-10-11-21-13-16/h1-11,13H,12H2,(H,19,20). The molecule has 21 heavy (non-hydrogen) atoms. The summed E-state index contributed by atoms with van der Waals surface area (Å²) in [4.78, 5) is 12.1. The Hall–Kier alpha value is -2.39. The van der Waals surface area contributed by atoms with Crippen LogP contribution in [0, 0.1) is 0 Å². The van der Waals surface area contributed by atoms with Gasteiger partial charge in [-0.2, -0.15) is 11.3 Å². The topological polar surface area (TPSA) is 29.1 Å². The Labute approximate surface area is 128 Å². The Balaban J connectivity index is 1.76. The molecule has 2 aromatic carbocycles. The van der Waals surface area contributed by atoms with Crippen LogP contribution in [-0.2, 0) is 6.54 Å². The zero-order valence-electron chi connectivity index (χ0n) is 11.5. The lowest BCUT2D eigenvalue weighted by Crippen LogP contribution is -2.22. The van der Waals surface area contributed by atoms with Crippen molar-refractivity contribution in [1.82, 2.24) is 5.32 Å². The molecule has 0 unspecified atom stereocenters. The normalized spacial score (nSPS) is 10.3. The fourth-order valence-corrected chi connectivity index (χ4v) is 2.90. The third kappa shape index (κ3) is 3.20. The van der Waals surface area contributed by atoms with Gasteiger partial charge in [0.15, 0.2) is 0 Å². The largest absolute Gasteiger partial charge is 0.348 e. The molecule has 104 valence electrons. The number of hydrogen-bond donors (Lipinski definition) is 1. The zero-order chi connectivity index (χ0) is 14.5. The highest BCUT2D eigenvalue weighted by atomic mass is 32.1. The molecule has 0 radical (unpaired) electrons. The second-order valence-electron chi connectivity index (χ2n) is 4.72. The Bertz CT molecular complexity index is 720. The Kier molecular flexibility index (Phi) is 4.12. The number of amides is 1. The highest BCUT2D eigenvalue weighted by molar-refractivity contribution is 7.08. The molecule has 1 amide bonds. The number of rotatable bonds is 4. The van der Waals surface area contributed by atoms with Gasteiger partial charge >= 0.3 is 0 Å². The van der Waals surface area contributed by atoms with Gasteiger partial charge in [-0.05, 0) is 45.6 Å².